The number of nitrogens with zero attached hydrogens (tertiary/aromatic N) is 4. The first kappa shape index (κ1) is 18.9. The molecule has 1 saturated heterocycles. The lowest BCUT2D eigenvalue weighted by atomic mass is 9.95. The third-order valence-corrected chi connectivity index (χ3v) is 6.02. The van der Waals surface area contributed by atoms with E-state index in [-0.39, 0.29) is 17.8 Å². The van der Waals surface area contributed by atoms with Crippen molar-refractivity contribution in [1.29, 1.82) is 0 Å². The van der Waals surface area contributed by atoms with Gasteiger partial charge in [-0.3, -0.25) is 4.79 Å². The lowest BCUT2D eigenvalue weighted by Gasteiger charge is -2.31. The third-order valence-electron chi connectivity index (χ3n) is 6.02. The Bertz CT molecular complexity index is 939. The van der Waals surface area contributed by atoms with Crippen LogP contribution in [0.25, 0.3) is 0 Å². The van der Waals surface area contributed by atoms with Crippen LogP contribution in [0.2, 0.25) is 0 Å². The molecular formula is C22H29N5O. The first-order valence-electron chi connectivity index (χ1n) is 10.1. The second-order valence-corrected chi connectivity index (χ2v) is 8.22. The smallest absolute Gasteiger partial charge is 0.296 e. The van der Waals surface area contributed by atoms with Crippen molar-refractivity contribution in [3.05, 3.63) is 45.9 Å². The minimum absolute atomic E-state index is 0.112. The maximum atomic E-state index is 13.4. The van der Waals surface area contributed by atoms with Crippen LogP contribution in [0, 0.1) is 27.7 Å². The average molecular weight is 380 g/mol. The molecule has 1 aromatic carbocycles. The number of aryl methyl sites for hydroxylation is 3. The summed E-state index contributed by atoms with van der Waals surface area (Å²) >= 11 is 0. The number of hydrogen-bond acceptors (Lipinski definition) is 5. The van der Waals surface area contributed by atoms with Gasteiger partial charge in [0.2, 0.25) is 5.82 Å². The van der Waals surface area contributed by atoms with Crippen molar-refractivity contribution in [2.45, 2.75) is 53.0 Å². The molecule has 1 amide bonds. The molecule has 28 heavy (non-hydrogen) atoms. The second kappa shape index (κ2) is 7.17. The van der Waals surface area contributed by atoms with Crippen LogP contribution in [0.3, 0.4) is 0 Å². The Hall–Kier alpha value is -2.47. The zero-order chi connectivity index (χ0) is 20.0. The van der Waals surface area contributed by atoms with Gasteiger partial charge in [-0.25, -0.2) is 9.97 Å². The molecule has 148 valence electrons. The van der Waals surface area contributed by atoms with Crippen LogP contribution >= 0.6 is 0 Å². The third kappa shape index (κ3) is 3.26. The molecule has 6 nitrogen and oxygen atoms in total. The molecule has 4 rings (SSSR count). The highest BCUT2D eigenvalue weighted by Gasteiger charge is 2.29. The van der Waals surface area contributed by atoms with Gasteiger partial charge in [0, 0.05) is 42.6 Å². The van der Waals surface area contributed by atoms with Crippen molar-refractivity contribution in [3.63, 3.8) is 0 Å². The Kier molecular flexibility index (Phi) is 4.83. The van der Waals surface area contributed by atoms with E-state index < -0.39 is 0 Å². The van der Waals surface area contributed by atoms with E-state index in [1.54, 1.807) is 0 Å². The monoisotopic (exact) mass is 379 g/mol. The number of aromatic nitrogens is 2. The topological polar surface area (TPSA) is 75.4 Å². The zero-order valence-electron chi connectivity index (χ0n) is 17.2. The van der Waals surface area contributed by atoms with Gasteiger partial charge in [0.25, 0.3) is 5.91 Å². The highest BCUT2D eigenvalue weighted by Crippen LogP contribution is 2.32. The molecule has 2 aliphatic rings. The maximum absolute atomic E-state index is 13.4. The minimum atomic E-state index is -0.112. The van der Waals surface area contributed by atoms with Gasteiger partial charge in [-0.1, -0.05) is 6.07 Å². The SMILES string of the molecule is Cc1cc(C)c2c(c1)N(C(=O)c1nc(C)c(C)c(N3CC[C@@H](N)C3)n1)CCC2. The summed E-state index contributed by atoms with van der Waals surface area (Å²) in [6.45, 7) is 10.5. The zero-order valence-corrected chi connectivity index (χ0v) is 17.2. The van der Waals surface area contributed by atoms with Crippen molar-refractivity contribution in [2.75, 3.05) is 29.4 Å². The van der Waals surface area contributed by atoms with Crippen LogP contribution in [-0.2, 0) is 6.42 Å². The van der Waals surface area contributed by atoms with E-state index in [0.29, 0.717) is 6.54 Å². The summed E-state index contributed by atoms with van der Waals surface area (Å²) in [6, 6.07) is 4.46. The summed E-state index contributed by atoms with van der Waals surface area (Å²) in [5.74, 6) is 1.02. The number of nitrogens with two attached hydrogens (primary N) is 1. The summed E-state index contributed by atoms with van der Waals surface area (Å²) in [5, 5.41) is 0. The number of carbonyl (C=O) groups excluding carboxylic acids is 1. The normalized spacial score (nSPS) is 19.1. The van der Waals surface area contributed by atoms with Crippen molar-refractivity contribution < 1.29 is 4.79 Å². The van der Waals surface area contributed by atoms with Crippen LogP contribution in [0.4, 0.5) is 11.5 Å². The fourth-order valence-corrected chi connectivity index (χ4v) is 4.40. The second-order valence-electron chi connectivity index (χ2n) is 8.22. The number of fused-ring (bicyclic) bond motifs is 1. The molecule has 2 aliphatic heterocycles. The van der Waals surface area contributed by atoms with E-state index in [4.69, 9.17) is 10.7 Å². The van der Waals surface area contributed by atoms with Gasteiger partial charge in [0.15, 0.2) is 0 Å². The Morgan fingerprint density at radius 2 is 1.93 bits per heavy atom. The number of rotatable bonds is 2. The quantitative estimate of drug-likeness (QED) is 0.868. The van der Waals surface area contributed by atoms with E-state index >= 15 is 0 Å². The predicted octanol–water partition coefficient (Wildman–Crippen LogP) is 2.84. The van der Waals surface area contributed by atoms with Gasteiger partial charge < -0.3 is 15.5 Å². The van der Waals surface area contributed by atoms with Crippen LogP contribution < -0.4 is 15.5 Å². The summed E-state index contributed by atoms with van der Waals surface area (Å²) in [5.41, 5.74) is 12.7. The Morgan fingerprint density at radius 1 is 1.14 bits per heavy atom. The van der Waals surface area contributed by atoms with Crippen LogP contribution in [0.15, 0.2) is 12.1 Å². The first-order valence-corrected chi connectivity index (χ1v) is 10.1. The molecule has 1 atom stereocenters. The van der Waals surface area contributed by atoms with Crippen LogP contribution in [0.1, 0.15) is 51.4 Å². The molecule has 0 radical (unpaired) electrons. The Labute approximate surface area is 166 Å². The molecule has 0 unspecified atom stereocenters. The minimum Gasteiger partial charge on any atom is -0.355 e. The van der Waals surface area contributed by atoms with E-state index in [1.165, 1.54) is 16.7 Å². The Morgan fingerprint density at radius 3 is 2.64 bits per heavy atom. The highest BCUT2D eigenvalue weighted by molar-refractivity contribution is 6.04. The predicted molar refractivity (Wildman–Crippen MR) is 112 cm³/mol. The van der Waals surface area contributed by atoms with Gasteiger partial charge in [0.1, 0.15) is 5.82 Å². The van der Waals surface area contributed by atoms with E-state index in [2.05, 4.69) is 35.9 Å². The molecule has 0 saturated carbocycles. The van der Waals surface area contributed by atoms with Gasteiger partial charge in [-0.15, -0.1) is 0 Å². The number of hydrogen-bond donors (Lipinski definition) is 1. The van der Waals surface area contributed by atoms with Crippen LogP contribution in [-0.4, -0.2) is 41.6 Å². The fraction of sp³-hybridized carbons (Fsp3) is 0.500. The van der Waals surface area contributed by atoms with Crippen molar-refractivity contribution in [1.82, 2.24) is 9.97 Å². The standard InChI is InChI=1S/C22H29N5O/c1-13-10-14(2)18-6-5-8-27(19(18)11-13)22(28)20-24-16(4)15(3)21(25-20)26-9-7-17(23)12-26/h10-11,17H,5-9,12,23H2,1-4H3/t17-/m1/s1. The average Bonchev–Trinajstić information content (AvgIpc) is 3.09. The molecule has 0 bridgehead atoms. The maximum Gasteiger partial charge on any atom is 0.296 e. The number of amides is 1. The van der Waals surface area contributed by atoms with E-state index in [1.807, 2.05) is 18.7 Å². The summed E-state index contributed by atoms with van der Waals surface area (Å²) in [7, 11) is 0. The van der Waals surface area contributed by atoms with Crippen molar-refractivity contribution >= 4 is 17.4 Å². The molecule has 3 heterocycles. The molecule has 2 N–H and O–H groups in total. The number of anilines is 2. The van der Waals surface area contributed by atoms with Crippen molar-refractivity contribution in [2.24, 2.45) is 5.73 Å². The van der Waals surface area contributed by atoms with Gasteiger partial charge in [-0.05, 0) is 69.7 Å². The number of carbonyl (C=O) groups is 1. The van der Waals surface area contributed by atoms with Crippen LogP contribution in [0.5, 0.6) is 0 Å². The molecule has 6 heteroatoms. The summed E-state index contributed by atoms with van der Waals surface area (Å²) in [4.78, 5) is 26.8. The van der Waals surface area contributed by atoms with Gasteiger partial charge in [0.05, 0.1) is 0 Å². The van der Waals surface area contributed by atoms with E-state index in [9.17, 15) is 4.79 Å². The highest BCUT2D eigenvalue weighted by atomic mass is 16.2. The molecule has 0 aliphatic carbocycles. The number of benzene rings is 1. The van der Waals surface area contributed by atoms with Gasteiger partial charge in [-0.2, -0.15) is 0 Å². The largest absolute Gasteiger partial charge is 0.355 e. The summed E-state index contributed by atoms with van der Waals surface area (Å²) < 4.78 is 0. The lowest BCUT2D eigenvalue weighted by molar-refractivity contribution is 0.0975. The molecule has 2 aromatic rings. The molecule has 1 aromatic heterocycles. The van der Waals surface area contributed by atoms with Crippen molar-refractivity contribution in [3.8, 4) is 0 Å². The molecular weight excluding hydrogens is 350 g/mol. The first-order chi connectivity index (χ1) is 13.3. The molecule has 0 spiro atoms. The lowest BCUT2D eigenvalue weighted by Crippen LogP contribution is -2.37. The fourth-order valence-electron chi connectivity index (χ4n) is 4.40. The molecule has 1 fully saturated rings. The van der Waals surface area contributed by atoms with Gasteiger partial charge >= 0.3 is 0 Å². The van der Waals surface area contributed by atoms with E-state index in [0.717, 1.165) is 55.1 Å². The Balaban J connectivity index is 1.73. The summed E-state index contributed by atoms with van der Waals surface area (Å²) in [6.07, 6.45) is 2.92.